The van der Waals surface area contributed by atoms with Crippen LogP contribution in [0.25, 0.3) is 0 Å². The quantitative estimate of drug-likeness (QED) is 0.724. The van der Waals surface area contributed by atoms with Crippen LogP contribution in [0.4, 0.5) is 0 Å². The number of phenolic OH excluding ortho intramolecular Hbond substituents is 1. The molecule has 0 amide bonds. The summed E-state index contributed by atoms with van der Waals surface area (Å²) >= 11 is 6.57. The zero-order chi connectivity index (χ0) is 12.8. The molecule has 0 aliphatic heterocycles. The zero-order valence-corrected chi connectivity index (χ0v) is 12.9. The summed E-state index contributed by atoms with van der Waals surface area (Å²) in [5.74, 6) is 0.208. The van der Waals surface area contributed by atoms with E-state index in [9.17, 15) is 10.2 Å². The van der Waals surface area contributed by atoms with Gasteiger partial charge in [-0.3, -0.25) is 0 Å². The van der Waals surface area contributed by atoms with Crippen molar-refractivity contribution < 1.29 is 10.2 Å². The maximum absolute atomic E-state index is 9.56. The Bertz CT molecular complexity index is 349. The molecule has 1 aromatic carbocycles. The number of aliphatic hydroxyl groups excluding tert-OH is 1. The fourth-order valence-corrected chi connectivity index (χ4v) is 2.82. The third-order valence-electron chi connectivity index (χ3n) is 2.41. The molecule has 0 saturated heterocycles. The normalized spacial score (nSPS) is 12.7. The molecule has 3 nitrogen and oxygen atoms in total. The number of halogens is 2. The van der Waals surface area contributed by atoms with Crippen LogP contribution >= 0.6 is 31.9 Å². The number of phenols is 1. The van der Waals surface area contributed by atoms with Crippen LogP contribution in [0.15, 0.2) is 21.1 Å². The third kappa shape index (κ3) is 4.95. The topological polar surface area (TPSA) is 52.5 Å². The highest BCUT2D eigenvalue weighted by atomic mass is 79.9. The van der Waals surface area contributed by atoms with Gasteiger partial charge in [-0.05, 0) is 56.0 Å². The van der Waals surface area contributed by atoms with Gasteiger partial charge in [0, 0.05) is 13.1 Å². The van der Waals surface area contributed by atoms with Crippen molar-refractivity contribution in [1.82, 2.24) is 5.32 Å². The predicted octanol–water partition coefficient (Wildman–Crippen LogP) is 3.17. The highest BCUT2D eigenvalue weighted by molar-refractivity contribution is 9.11. The summed E-state index contributed by atoms with van der Waals surface area (Å²) in [4.78, 5) is 0. The summed E-state index contributed by atoms with van der Waals surface area (Å²) < 4.78 is 1.33. The van der Waals surface area contributed by atoms with Crippen LogP contribution < -0.4 is 5.32 Å². The number of nitrogens with one attached hydrogen (secondary N) is 1. The lowest BCUT2D eigenvalue weighted by atomic mass is 10.2. The molecular formula is C12H17Br2NO2. The Hall–Kier alpha value is -0.100. The van der Waals surface area contributed by atoms with Gasteiger partial charge in [0.05, 0.1) is 15.0 Å². The lowest BCUT2D eigenvalue weighted by molar-refractivity contribution is 0.160. The van der Waals surface area contributed by atoms with Crippen LogP contribution in [0.1, 0.15) is 25.3 Å². The predicted molar refractivity (Wildman–Crippen MR) is 76.1 cm³/mol. The fourth-order valence-electron chi connectivity index (χ4n) is 1.54. The van der Waals surface area contributed by atoms with Crippen molar-refractivity contribution in [2.24, 2.45) is 0 Å². The molecule has 96 valence electrons. The summed E-state index contributed by atoms with van der Waals surface area (Å²) in [5, 5.41) is 22.3. The van der Waals surface area contributed by atoms with Gasteiger partial charge in [0.25, 0.3) is 0 Å². The fraction of sp³-hybridized carbons (Fsp3) is 0.500. The maximum atomic E-state index is 9.56. The molecule has 17 heavy (non-hydrogen) atoms. The molecule has 0 saturated carbocycles. The van der Waals surface area contributed by atoms with Crippen LogP contribution in [-0.2, 0) is 6.54 Å². The van der Waals surface area contributed by atoms with Crippen molar-refractivity contribution in [3.05, 3.63) is 26.6 Å². The van der Waals surface area contributed by atoms with Gasteiger partial charge in [-0.15, -0.1) is 0 Å². The van der Waals surface area contributed by atoms with Crippen molar-refractivity contribution in [3.63, 3.8) is 0 Å². The molecule has 0 aliphatic rings. The van der Waals surface area contributed by atoms with E-state index in [1.807, 2.05) is 12.1 Å². The summed E-state index contributed by atoms with van der Waals surface area (Å²) in [5.41, 5.74) is 1.05. The minimum Gasteiger partial charge on any atom is -0.506 e. The molecule has 3 N–H and O–H groups in total. The summed E-state index contributed by atoms with van der Waals surface area (Å²) in [6.07, 6.45) is 1.51. The van der Waals surface area contributed by atoms with Crippen LogP contribution in [0.2, 0.25) is 0 Å². The molecule has 0 aromatic heterocycles. The van der Waals surface area contributed by atoms with Crippen LogP contribution in [0.5, 0.6) is 5.75 Å². The smallest absolute Gasteiger partial charge is 0.143 e. The van der Waals surface area contributed by atoms with Crippen LogP contribution in [0.3, 0.4) is 0 Å². The van der Waals surface area contributed by atoms with Crippen LogP contribution in [-0.4, -0.2) is 22.9 Å². The molecular weight excluding hydrogens is 350 g/mol. The Morgan fingerprint density at radius 3 is 2.41 bits per heavy atom. The van der Waals surface area contributed by atoms with E-state index in [4.69, 9.17) is 0 Å². The molecule has 0 fully saturated rings. The van der Waals surface area contributed by atoms with E-state index in [0.29, 0.717) is 22.0 Å². The number of rotatable bonds is 6. The third-order valence-corrected chi connectivity index (χ3v) is 3.62. The Balaban J connectivity index is 2.47. The monoisotopic (exact) mass is 365 g/mol. The highest BCUT2D eigenvalue weighted by Gasteiger charge is 2.06. The van der Waals surface area contributed by atoms with Crippen molar-refractivity contribution in [1.29, 1.82) is 0 Å². The Kier molecular flexibility index (Phi) is 6.48. The molecule has 1 aromatic rings. The molecule has 5 heteroatoms. The zero-order valence-electron chi connectivity index (χ0n) is 9.71. The summed E-state index contributed by atoms with van der Waals surface area (Å²) in [7, 11) is 0. The minimum atomic E-state index is -0.288. The SMILES string of the molecule is CCCC(O)CNCc1cc(Br)c(O)c(Br)c1. The van der Waals surface area contributed by atoms with Gasteiger partial charge in [0.1, 0.15) is 5.75 Å². The van der Waals surface area contributed by atoms with E-state index in [2.05, 4.69) is 44.1 Å². The van der Waals surface area contributed by atoms with Gasteiger partial charge in [0.15, 0.2) is 0 Å². The first kappa shape index (κ1) is 15.0. The molecule has 0 bridgehead atoms. The highest BCUT2D eigenvalue weighted by Crippen LogP contribution is 2.33. The van der Waals surface area contributed by atoms with E-state index in [1.54, 1.807) is 0 Å². The van der Waals surface area contributed by atoms with Gasteiger partial charge < -0.3 is 15.5 Å². The molecule has 0 aliphatic carbocycles. The summed E-state index contributed by atoms with van der Waals surface area (Å²) in [6.45, 7) is 3.31. The largest absolute Gasteiger partial charge is 0.506 e. The van der Waals surface area contributed by atoms with Gasteiger partial charge in [-0.1, -0.05) is 13.3 Å². The van der Waals surface area contributed by atoms with E-state index in [-0.39, 0.29) is 11.9 Å². The average Bonchev–Trinajstić information content (AvgIpc) is 2.26. The number of aromatic hydroxyl groups is 1. The number of aliphatic hydroxyl groups is 1. The molecule has 0 spiro atoms. The molecule has 0 radical (unpaired) electrons. The molecule has 1 rings (SSSR count). The van der Waals surface area contributed by atoms with Crippen molar-refractivity contribution >= 4 is 31.9 Å². The van der Waals surface area contributed by atoms with Crippen molar-refractivity contribution in [3.8, 4) is 5.75 Å². The van der Waals surface area contributed by atoms with E-state index in [1.165, 1.54) is 0 Å². The van der Waals surface area contributed by atoms with Gasteiger partial charge in [0.2, 0.25) is 0 Å². The van der Waals surface area contributed by atoms with Gasteiger partial charge in [-0.2, -0.15) is 0 Å². The number of benzene rings is 1. The Labute approximate surface area is 118 Å². The summed E-state index contributed by atoms with van der Waals surface area (Å²) in [6, 6.07) is 3.72. The second-order valence-electron chi connectivity index (χ2n) is 3.98. The molecule has 1 unspecified atom stereocenters. The maximum Gasteiger partial charge on any atom is 0.143 e. The Morgan fingerprint density at radius 2 is 1.88 bits per heavy atom. The van der Waals surface area contributed by atoms with E-state index < -0.39 is 0 Å². The van der Waals surface area contributed by atoms with Gasteiger partial charge >= 0.3 is 0 Å². The van der Waals surface area contributed by atoms with E-state index in [0.717, 1.165) is 18.4 Å². The second-order valence-corrected chi connectivity index (χ2v) is 5.69. The first-order valence-electron chi connectivity index (χ1n) is 5.60. The lowest BCUT2D eigenvalue weighted by Gasteiger charge is -2.11. The first-order chi connectivity index (χ1) is 8.04. The second kappa shape index (κ2) is 7.36. The van der Waals surface area contributed by atoms with Gasteiger partial charge in [-0.25, -0.2) is 0 Å². The lowest BCUT2D eigenvalue weighted by Crippen LogP contribution is -2.26. The average molecular weight is 367 g/mol. The molecule has 0 heterocycles. The number of hydrogen-bond donors (Lipinski definition) is 3. The first-order valence-corrected chi connectivity index (χ1v) is 7.18. The Morgan fingerprint density at radius 1 is 1.29 bits per heavy atom. The standard InChI is InChI=1S/C12H17Br2NO2/c1-2-3-9(16)7-15-6-8-4-10(13)12(17)11(14)5-8/h4-5,9,15-17H,2-3,6-7H2,1H3. The van der Waals surface area contributed by atoms with Crippen molar-refractivity contribution in [2.45, 2.75) is 32.4 Å². The molecule has 1 atom stereocenters. The van der Waals surface area contributed by atoms with Crippen molar-refractivity contribution in [2.75, 3.05) is 6.54 Å². The van der Waals surface area contributed by atoms with Crippen LogP contribution in [0, 0.1) is 0 Å². The minimum absolute atomic E-state index is 0.208. The number of hydrogen-bond acceptors (Lipinski definition) is 3. The van der Waals surface area contributed by atoms with E-state index >= 15 is 0 Å².